The van der Waals surface area contributed by atoms with Crippen LogP contribution in [0, 0.1) is 6.92 Å². The minimum absolute atomic E-state index is 0. The number of carbonyl (C=O) groups excluding carboxylic acids is 1. The molecule has 0 aliphatic heterocycles. The van der Waals surface area contributed by atoms with Crippen LogP contribution in [0.5, 0.6) is 0 Å². The summed E-state index contributed by atoms with van der Waals surface area (Å²) in [6.07, 6.45) is 0. The molecule has 0 aliphatic rings. The van der Waals surface area contributed by atoms with Gasteiger partial charge in [0.15, 0.2) is 0 Å². The molecular formula is C14H23ClN2O. The molecule has 0 spiro atoms. The maximum atomic E-state index is 12.2. The van der Waals surface area contributed by atoms with E-state index in [9.17, 15) is 4.79 Å². The summed E-state index contributed by atoms with van der Waals surface area (Å²) in [5, 5.41) is 5.96. The van der Waals surface area contributed by atoms with Gasteiger partial charge in [-0.15, -0.1) is 12.4 Å². The lowest BCUT2D eigenvalue weighted by molar-refractivity contribution is -0.125. The Balaban J connectivity index is 0.00000289. The van der Waals surface area contributed by atoms with Crippen LogP contribution in [0.1, 0.15) is 25.0 Å². The van der Waals surface area contributed by atoms with Gasteiger partial charge in [-0.3, -0.25) is 4.79 Å². The van der Waals surface area contributed by atoms with Crippen LogP contribution in [-0.4, -0.2) is 26.0 Å². The van der Waals surface area contributed by atoms with Crippen molar-refractivity contribution < 1.29 is 4.79 Å². The quantitative estimate of drug-likeness (QED) is 0.804. The Labute approximate surface area is 116 Å². The highest BCUT2D eigenvalue weighted by Gasteiger charge is 2.30. The molecule has 18 heavy (non-hydrogen) atoms. The molecule has 1 rings (SSSR count). The van der Waals surface area contributed by atoms with Gasteiger partial charge in [0.25, 0.3) is 0 Å². The van der Waals surface area contributed by atoms with Crippen LogP contribution in [-0.2, 0) is 10.2 Å². The van der Waals surface area contributed by atoms with Crippen molar-refractivity contribution in [1.29, 1.82) is 0 Å². The highest BCUT2D eigenvalue weighted by Crippen LogP contribution is 2.26. The van der Waals surface area contributed by atoms with E-state index in [0.29, 0.717) is 6.54 Å². The number of amides is 1. The van der Waals surface area contributed by atoms with Crippen molar-refractivity contribution in [3.05, 3.63) is 35.4 Å². The number of carbonyl (C=O) groups is 1. The van der Waals surface area contributed by atoms with Crippen molar-refractivity contribution >= 4 is 18.3 Å². The summed E-state index contributed by atoms with van der Waals surface area (Å²) in [4.78, 5) is 12.2. The second-order valence-electron chi connectivity index (χ2n) is 4.80. The highest BCUT2D eigenvalue weighted by atomic mass is 35.5. The van der Waals surface area contributed by atoms with E-state index in [4.69, 9.17) is 0 Å². The van der Waals surface area contributed by atoms with Gasteiger partial charge in [-0.25, -0.2) is 0 Å². The number of hydrogen-bond donors (Lipinski definition) is 2. The summed E-state index contributed by atoms with van der Waals surface area (Å²) in [6, 6.07) is 8.03. The second kappa shape index (κ2) is 7.39. The predicted octanol–water partition coefficient (Wildman–Crippen LogP) is 2.03. The number of nitrogens with one attached hydrogen (secondary N) is 2. The SMILES string of the molecule is CNCCNC(=O)C(C)(C)c1ccccc1C.Cl. The van der Waals surface area contributed by atoms with Gasteiger partial charge in [0, 0.05) is 13.1 Å². The summed E-state index contributed by atoms with van der Waals surface area (Å²) >= 11 is 0. The Hall–Kier alpha value is -1.06. The molecule has 0 aliphatic carbocycles. The molecule has 0 atom stereocenters. The zero-order chi connectivity index (χ0) is 12.9. The van der Waals surface area contributed by atoms with Crippen molar-refractivity contribution in [2.45, 2.75) is 26.2 Å². The normalized spacial score (nSPS) is 10.7. The van der Waals surface area contributed by atoms with E-state index >= 15 is 0 Å². The van der Waals surface area contributed by atoms with E-state index in [2.05, 4.69) is 10.6 Å². The van der Waals surface area contributed by atoms with Gasteiger partial charge in [-0.1, -0.05) is 24.3 Å². The lowest BCUT2D eigenvalue weighted by Gasteiger charge is -2.26. The number of rotatable bonds is 5. The van der Waals surface area contributed by atoms with Gasteiger partial charge in [-0.05, 0) is 38.9 Å². The van der Waals surface area contributed by atoms with Crippen LogP contribution in [0.15, 0.2) is 24.3 Å². The van der Waals surface area contributed by atoms with E-state index in [0.717, 1.165) is 17.7 Å². The van der Waals surface area contributed by atoms with Crippen LogP contribution in [0.2, 0.25) is 0 Å². The Morgan fingerprint density at radius 2 is 1.83 bits per heavy atom. The smallest absolute Gasteiger partial charge is 0.230 e. The van der Waals surface area contributed by atoms with Gasteiger partial charge in [0.2, 0.25) is 5.91 Å². The van der Waals surface area contributed by atoms with Crippen molar-refractivity contribution in [1.82, 2.24) is 10.6 Å². The molecule has 4 heteroatoms. The zero-order valence-corrected chi connectivity index (χ0v) is 12.4. The topological polar surface area (TPSA) is 41.1 Å². The van der Waals surface area contributed by atoms with E-state index in [1.54, 1.807) is 0 Å². The fourth-order valence-electron chi connectivity index (χ4n) is 1.92. The third-order valence-electron chi connectivity index (χ3n) is 3.05. The van der Waals surface area contributed by atoms with Gasteiger partial charge < -0.3 is 10.6 Å². The predicted molar refractivity (Wildman–Crippen MR) is 78.4 cm³/mol. The first-order valence-electron chi connectivity index (χ1n) is 5.99. The summed E-state index contributed by atoms with van der Waals surface area (Å²) in [7, 11) is 1.87. The minimum atomic E-state index is -0.487. The van der Waals surface area contributed by atoms with Gasteiger partial charge in [0.1, 0.15) is 0 Å². The largest absolute Gasteiger partial charge is 0.354 e. The molecule has 0 aromatic heterocycles. The van der Waals surface area contributed by atoms with Crippen LogP contribution in [0.4, 0.5) is 0 Å². The van der Waals surface area contributed by atoms with Crippen molar-refractivity contribution in [2.75, 3.05) is 20.1 Å². The molecule has 1 amide bonds. The molecule has 102 valence electrons. The van der Waals surface area contributed by atoms with Crippen LogP contribution in [0.3, 0.4) is 0 Å². The maximum absolute atomic E-state index is 12.2. The van der Waals surface area contributed by atoms with Gasteiger partial charge in [-0.2, -0.15) is 0 Å². The molecule has 3 nitrogen and oxygen atoms in total. The van der Waals surface area contributed by atoms with Crippen LogP contribution >= 0.6 is 12.4 Å². The Morgan fingerprint density at radius 1 is 1.22 bits per heavy atom. The summed E-state index contributed by atoms with van der Waals surface area (Å²) < 4.78 is 0. The Kier molecular flexibility index (Phi) is 6.96. The van der Waals surface area contributed by atoms with Crippen molar-refractivity contribution in [3.63, 3.8) is 0 Å². The molecule has 1 aromatic rings. The van der Waals surface area contributed by atoms with E-state index in [1.165, 1.54) is 0 Å². The average Bonchev–Trinajstić information content (AvgIpc) is 2.29. The Bertz CT molecular complexity index is 391. The number of benzene rings is 1. The third-order valence-corrected chi connectivity index (χ3v) is 3.05. The fourth-order valence-corrected chi connectivity index (χ4v) is 1.92. The molecule has 0 saturated heterocycles. The Morgan fingerprint density at radius 3 is 2.39 bits per heavy atom. The number of hydrogen-bond acceptors (Lipinski definition) is 2. The molecular weight excluding hydrogens is 248 g/mol. The highest BCUT2D eigenvalue weighted by molar-refractivity contribution is 5.87. The monoisotopic (exact) mass is 270 g/mol. The first-order chi connectivity index (χ1) is 8.00. The lowest BCUT2D eigenvalue weighted by atomic mass is 9.81. The molecule has 0 unspecified atom stereocenters. The zero-order valence-electron chi connectivity index (χ0n) is 11.5. The van der Waals surface area contributed by atoms with Crippen molar-refractivity contribution in [3.8, 4) is 0 Å². The molecule has 0 saturated carbocycles. The van der Waals surface area contributed by atoms with E-state index < -0.39 is 5.41 Å². The number of likely N-dealkylation sites (N-methyl/N-ethyl adjacent to an activating group) is 1. The van der Waals surface area contributed by atoms with Gasteiger partial charge >= 0.3 is 0 Å². The summed E-state index contributed by atoms with van der Waals surface area (Å²) in [6.45, 7) is 7.41. The lowest BCUT2D eigenvalue weighted by Crippen LogP contribution is -2.42. The summed E-state index contributed by atoms with van der Waals surface area (Å²) in [5.74, 6) is 0.0713. The summed E-state index contributed by atoms with van der Waals surface area (Å²) in [5.41, 5.74) is 1.75. The number of aryl methyl sites for hydroxylation is 1. The molecule has 1 aromatic carbocycles. The molecule has 0 radical (unpaired) electrons. The standard InChI is InChI=1S/C14H22N2O.ClH/c1-11-7-5-6-8-12(11)14(2,3)13(17)16-10-9-15-4;/h5-8,15H,9-10H2,1-4H3,(H,16,17);1H. The molecule has 0 heterocycles. The third kappa shape index (κ3) is 4.00. The fraction of sp³-hybridized carbons (Fsp3) is 0.500. The molecule has 0 fully saturated rings. The van der Waals surface area contributed by atoms with E-state index in [-0.39, 0.29) is 18.3 Å². The van der Waals surface area contributed by atoms with E-state index in [1.807, 2.05) is 52.1 Å². The average molecular weight is 271 g/mol. The van der Waals surface area contributed by atoms with Crippen LogP contribution < -0.4 is 10.6 Å². The van der Waals surface area contributed by atoms with Crippen LogP contribution in [0.25, 0.3) is 0 Å². The van der Waals surface area contributed by atoms with Crippen molar-refractivity contribution in [2.24, 2.45) is 0 Å². The maximum Gasteiger partial charge on any atom is 0.230 e. The first kappa shape index (κ1) is 16.9. The first-order valence-corrected chi connectivity index (χ1v) is 5.99. The number of halogens is 1. The molecule has 0 bridgehead atoms. The molecule has 2 N–H and O–H groups in total. The van der Waals surface area contributed by atoms with Gasteiger partial charge in [0.05, 0.1) is 5.41 Å². The second-order valence-corrected chi connectivity index (χ2v) is 4.80. The minimum Gasteiger partial charge on any atom is -0.354 e.